The zero-order valence-electron chi connectivity index (χ0n) is 11.0. The van der Waals surface area contributed by atoms with Gasteiger partial charge >= 0.3 is 5.97 Å². The van der Waals surface area contributed by atoms with E-state index >= 15 is 0 Å². The van der Waals surface area contributed by atoms with Crippen molar-refractivity contribution in [2.45, 2.75) is 13.3 Å². The Kier molecular flexibility index (Phi) is 5.32. The molecule has 0 heterocycles. The summed E-state index contributed by atoms with van der Waals surface area (Å²) in [5.41, 5.74) is 5.69. The Hall–Kier alpha value is -2.08. The lowest BCUT2D eigenvalue weighted by Gasteiger charge is -2.12. The van der Waals surface area contributed by atoms with Crippen molar-refractivity contribution in [2.75, 3.05) is 19.0 Å². The SMILES string of the molecule is COc1ccc(C(=O)O)c(NC(=O)CC(C)CN)c1. The van der Waals surface area contributed by atoms with Crippen molar-refractivity contribution in [3.05, 3.63) is 23.8 Å². The number of amides is 1. The Morgan fingerprint density at radius 3 is 2.68 bits per heavy atom. The van der Waals surface area contributed by atoms with E-state index in [0.717, 1.165) is 0 Å². The number of hydrogen-bond acceptors (Lipinski definition) is 4. The van der Waals surface area contributed by atoms with E-state index in [2.05, 4.69) is 5.32 Å². The third-order valence-electron chi connectivity index (χ3n) is 2.67. The smallest absolute Gasteiger partial charge is 0.337 e. The predicted octanol–water partition coefficient (Wildman–Crippen LogP) is 1.32. The first-order valence-corrected chi connectivity index (χ1v) is 5.89. The molecule has 6 heteroatoms. The largest absolute Gasteiger partial charge is 0.497 e. The number of carbonyl (C=O) groups is 2. The fourth-order valence-corrected chi connectivity index (χ4v) is 1.54. The lowest BCUT2D eigenvalue weighted by Crippen LogP contribution is -2.21. The molecule has 0 aromatic heterocycles. The monoisotopic (exact) mass is 266 g/mol. The highest BCUT2D eigenvalue weighted by Crippen LogP contribution is 2.23. The molecule has 0 aliphatic carbocycles. The van der Waals surface area contributed by atoms with Gasteiger partial charge in [0.05, 0.1) is 18.4 Å². The minimum atomic E-state index is -1.11. The summed E-state index contributed by atoms with van der Waals surface area (Å²) in [4.78, 5) is 22.8. The Bertz CT molecular complexity index is 474. The molecule has 0 saturated carbocycles. The van der Waals surface area contributed by atoms with Gasteiger partial charge in [0.1, 0.15) is 5.75 Å². The molecule has 0 aliphatic rings. The van der Waals surface area contributed by atoms with Crippen LogP contribution in [0.15, 0.2) is 18.2 Å². The Balaban J connectivity index is 2.91. The molecule has 0 radical (unpaired) electrons. The van der Waals surface area contributed by atoms with E-state index in [1.807, 2.05) is 6.92 Å². The highest BCUT2D eigenvalue weighted by Gasteiger charge is 2.14. The first-order chi connectivity index (χ1) is 8.97. The molecule has 0 aliphatic heterocycles. The molecular weight excluding hydrogens is 248 g/mol. The first-order valence-electron chi connectivity index (χ1n) is 5.89. The van der Waals surface area contributed by atoms with Crippen LogP contribution in [0.1, 0.15) is 23.7 Å². The lowest BCUT2D eigenvalue weighted by atomic mass is 10.1. The fraction of sp³-hybridized carbons (Fsp3) is 0.385. The fourth-order valence-electron chi connectivity index (χ4n) is 1.54. The Labute approximate surface area is 111 Å². The molecule has 0 fully saturated rings. The van der Waals surface area contributed by atoms with Crippen molar-refractivity contribution in [2.24, 2.45) is 11.7 Å². The number of ether oxygens (including phenoxy) is 1. The average Bonchev–Trinajstić information content (AvgIpc) is 2.37. The summed E-state index contributed by atoms with van der Waals surface area (Å²) in [6.07, 6.45) is 0.243. The summed E-state index contributed by atoms with van der Waals surface area (Å²) in [6.45, 7) is 2.25. The zero-order valence-corrected chi connectivity index (χ0v) is 11.0. The van der Waals surface area contributed by atoms with Crippen LogP contribution in [0.25, 0.3) is 0 Å². The highest BCUT2D eigenvalue weighted by molar-refractivity contribution is 6.00. The van der Waals surface area contributed by atoms with Crippen LogP contribution < -0.4 is 15.8 Å². The van der Waals surface area contributed by atoms with Crippen LogP contribution in [0.4, 0.5) is 5.69 Å². The predicted molar refractivity (Wildman–Crippen MR) is 71.4 cm³/mol. The van der Waals surface area contributed by atoms with Crippen molar-refractivity contribution < 1.29 is 19.4 Å². The van der Waals surface area contributed by atoms with Crippen LogP contribution in [0.5, 0.6) is 5.75 Å². The van der Waals surface area contributed by atoms with Crippen LogP contribution in [-0.2, 0) is 4.79 Å². The van der Waals surface area contributed by atoms with E-state index in [0.29, 0.717) is 12.3 Å². The number of nitrogens with two attached hydrogens (primary N) is 1. The molecule has 1 atom stereocenters. The number of carboxylic acids is 1. The summed E-state index contributed by atoms with van der Waals surface area (Å²) in [5.74, 6) is -0.857. The second-order valence-corrected chi connectivity index (χ2v) is 4.31. The van der Waals surface area contributed by atoms with Gasteiger partial charge in [-0.05, 0) is 24.6 Å². The van der Waals surface area contributed by atoms with Crippen molar-refractivity contribution in [1.82, 2.24) is 0 Å². The molecule has 1 aromatic rings. The summed E-state index contributed by atoms with van der Waals surface area (Å²) >= 11 is 0. The quantitative estimate of drug-likeness (QED) is 0.720. The Morgan fingerprint density at radius 2 is 2.16 bits per heavy atom. The number of carbonyl (C=O) groups excluding carboxylic acids is 1. The standard InChI is InChI=1S/C13H18N2O4/c1-8(7-14)5-12(16)15-11-6-9(19-2)3-4-10(11)13(17)18/h3-4,6,8H,5,7,14H2,1-2H3,(H,15,16)(H,17,18). The van der Waals surface area contributed by atoms with E-state index < -0.39 is 5.97 Å². The number of hydrogen-bond donors (Lipinski definition) is 3. The van der Waals surface area contributed by atoms with Crippen LogP contribution in [0, 0.1) is 5.92 Å². The average molecular weight is 266 g/mol. The minimum absolute atomic E-state index is 0.0227. The number of anilines is 1. The molecule has 1 rings (SSSR count). The molecule has 104 valence electrons. The molecule has 6 nitrogen and oxygen atoms in total. The molecule has 19 heavy (non-hydrogen) atoms. The summed E-state index contributed by atoms with van der Waals surface area (Å²) < 4.78 is 5.01. The molecule has 4 N–H and O–H groups in total. The van der Waals surface area contributed by atoms with E-state index in [1.165, 1.54) is 25.3 Å². The summed E-state index contributed by atoms with van der Waals surface area (Å²) in [7, 11) is 1.47. The molecule has 1 unspecified atom stereocenters. The van der Waals surface area contributed by atoms with Gasteiger partial charge in [-0.15, -0.1) is 0 Å². The van der Waals surface area contributed by atoms with Gasteiger partial charge in [0.2, 0.25) is 5.91 Å². The summed E-state index contributed by atoms with van der Waals surface area (Å²) in [6, 6.07) is 4.40. The van der Waals surface area contributed by atoms with Crippen molar-refractivity contribution in [1.29, 1.82) is 0 Å². The molecule has 0 spiro atoms. The third kappa shape index (κ3) is 4.26. The molecule has 0 bridgehead atoms. The number of methoxy groups -OCH3 is 1. The van der Waals surface area contributed by atoms with Crippen LogP contribution in [0.2, 0.25) is 0 Å². The van der Waals surface area contributed by atoms with Crippen molar-refractivity contribution in [3.8, 4) is 5.75 Å². The Morgan fingerprint density at radius 1 is 1.47 bits per heavy atom. The molecule has 0 saturated heterocycles. The minimum Gasteiger partial charge on any atom is -0.497 e. The topological polar surface area (TPSA) is 102 Å². The van der Waals surface area contributed by atoms with Gasteiger partial charge in [0.15, 0.2) is 0 Å². The number of nitrogens with one attached hydrogen (secondary N) is 1. The van der Waals surface area contributed by atoms with Crippen molar-refractivity contribution >= 4 is 17.6 Å². The molecular formula is C13H18N2O4. The molecule has 1 amide bonds. The van der Waals surface area contributed by atoms with E-state index in [9.17, 15) is 9.59 Å². The maximum absolute atomic E-state index is 11.8. The number of carboxylic acid groups (broad SMARTS) is 1. The second kappa shape index (κ2) is 6.75. The molecule has 1 aromatic carbocycles. The maximum Gasteiger partial charge on any atom is 0.337 e. The van der Waals surface area contributed by atoms with Gasteiger partial charge < -0.3 is 20.9 Å². The highest BCUT2D eigenvalue weighted by atomic mass is 16.5. The van der Waals surface area contributed by atoms with Crippen LogP contribution >= 0.6 is 0 Å². The number of rotatable bonds is 6. The van der Waals surface area contributed by atoms with E-state index in [4.69, 9.17) is 15.6 Å². The van der Waals surface area contributed by atoms with Gasteiger partial charge in [-0.25, -0.2) is 4.79 Å². The van der Waals surface area contributed by atoms with Gasteiger partial charge in [0, 0.05) is 12.5 Å². The second-order valence-electron chi connectivity index (χ2n) is 4.31. The number of aromatic carboxylic acids is 1. The van der Waals surface area contributed by atoms with Crippen LogP contribution in [-0.4, -0.2) is 30.6 Å². The lowest BCUT2D eigenvalue weighted by molar-refractivity contribution is -0.116. The third-order valence-corrected chi connectivity index (χ3v) is 2.67. The van der Waals surface area contributed by atoms with Gasteiger partial charge in [-0.1, -0.05) is 6.92 Å². The summed E-state index contributed by atoms with van der Waals surface area (Å²) in [5, 5.41) is 11.6. The van der Waals surface area contributed by atoms with Gasteiger partial charge in [-0.2, -0.15) is 0 Å². The maximum atomic E-state index is 11.8. The normalized spacial score (nSPS) is 11.7. The van der Waals surface area contributed by atoms with Gasteiger partial charge in [0.25, 0.3) is 0 Å². The van der Waals surface area contributed by atoms with E-state index in [-0.39, 0.29) is 29.5 Å². The zero-order chi connectivity index (χ0) is 14.4. The van der Waals surface area contributed by atoms with Gasteiger partial charge in [-0.3, -0.25) is 4.79 Å². The van der Waals surface area contributed by atoms with E-state index in [1.54, 1.807) is 0 Å². The van der Waals surface area contributed by atoms with Crippen LogP contribution in [0.3, 0.4) is 0 Å². The first kappa shape index (κ1) is 15.0. The van der Waals surface area contributed by atoms with Crippen molar-refractivity contribution in [3.63, 3.8) is 0 Å². The number of benzene rings is 1.